The molecule has 0 radical (unpaired) electrons. The topological polar surface area (TPSA) is 77.1 Å². The van der Waals surface area contributed by atoms with Crippen molar-refractivity contribution in [3.63, 3.8) is 0 Å². The number of halogens is 1. The second kappa shape index (κ2) is 8.21. The van der Waals surface area contributed by atoms with Gasteiger partial charge in [-0.25, -0.2) is 4.98 Å². The van der Waals surface area contributed by atoms with Gasteiger partial charge in [0.1, 0.15) is 12.4 Å². The number of H-pyrrole nitrogens is 1. The Morgan fingerprint density at radius 3 is 2.91 bits per heavy atom. The highest BCUT2D eigenvalue weighted by molar-refractivity contribution is 7.99. The zero-order valence-electron chi connectivity index (χ0n) is 13.1. The highest BCUT2D eigenvalue weighted by Gasteiger charge is 2.10. The number of rotatable bonds is 7. The van der Waals surface area contributed by atoms with Crippen LogP contribution in [0.4, 0.5) is 0 Å². The summed E-state index contributed by atoms with van der Waals surface area (Å²) in [6.45, 7) is 5.78. The normalized spacial score (nSPS) is 10.8. The molecule has 6 nitrogen and oxygen atoms in total. The van der Waals surface area contributed by atoms with E-state index in [9.17, 15) is 4.79 Å². The second-order valence-electron chi connectivity index (χ2n) is 5.09. The van der Waals surface area contributed by atoms with Gasteiger partial charge < -0.3 is 9.47 Å². The first-order valence-electron chi connectivity index (χ1n) is 7.06. The first-order valence-corrected chi connectivity index (χ1v) is 8.43. The molecule has 0 saturated heterocycles. The molecule has 0 aliphatic heterocycles. The van der Waals surface area contributed by atoms with E-state index in [4.69, 9.17) is 21.1 Å². The van der Waals surface area contributed by atoms with Gasteiger partial charge >= 0.3 is 5.97 Å². The average molecular weight is 356 g/mol. The van der Waals surface area contributed by atoms with Crippen LogP contribution in [0.3, 0.4) is 0 Å². The number of aromatic nitrogens is 3. The maximum absolute atomic E-state index is 11.5. The lowest BCUT2D eigenvalue weighted by molar-refractivity contribution is -0.144. The molecule has 0 unspecified atom stereocenters. The molecule has 124 valence electrons. The molecule has 0 atom stereocenters. The van der Waals surface area contributed by atoms with Gasteiger partial charge in [0.15, 0.2) is 5.82 Å². The van der Waals surface area contributed by atoms with Gasteiger partial charge in [0.2, 0.25) is 5.16 Å². The first-order chi connectivity index (χ1) is 10.9. The van der Waals surface area contributed by atoms with E-state index in [2.05, 4.69) is 15.2 Å². The van der Waals surface area contributed by atoms with Crippen molar-refractivity contribution in [3.05, 3.63) is 34.6 Å². The number of hydrogen-bond donors (Lipinski definition) is 1. The maximum Gasteiger partial charge on any atom is 0.316 e. The Balaban J connectivity index is 1.82. The number of aromatic amines is 1. The van der Waals surface area contributed by atoms with E-state index in [1.165, 1.54) is 11.8 Å². The molecule has 2 aromatic rings. The average Bonchev–Trinajstić information content (AvgIpc) is 2.94. The number of nitrogens with one attached hydrogen (secondary N) is 1. The molecule has 0 aliphatic rings. The standard InChI is InChI=1S/C15H18ClN3O3S/c1-9(2)22-14(20)8-23-15-17-13(18-19-15)7-21-11-4-5-12(16)10(3)6-11/h4-6,9H,7-8H2,1-3H3,(H,17,18,19). The van der Waals surface area contributed by atoms with Crippen molar-refractivity contribution in [1.29, 1.82) is 0 Å². The summed E-state index contributed by atoms with van der Waals surface area (Å²) < 4.78 is 10.7. The third-order valence-electron chi connectivity index (χ3n) is 2.70. The molecule has 1 N–H and O–H groups in total. The number of carbonyl (C=O) groups excluding carboxylic acids is 1. The number of hydrogen-bond acceptors (Lipinski definition) is 6. The summed E-state index contributed by atoms with van der Waals surface area (Å²) in [5.74, 6) is 1.17. The molecular formula is C15H18ClN3O3S. The Morgan fingerprint density at radius 2 is 2.22 bits per heavy atom. The van der Waals surface area contributed by atoms with E-state index in [0.717, 1.165) is 5.56 Å². The molecule has 0 aliphatic carbocycles. The third kappa shape index (κ3) is 5.76. The molecule has 1 aromatic carbocycles. The van der Waals surface area contributed by atoms with E-state index in [-0.39, 0.29) is 24.4 Å². The summed E-state index contributed by atoms with van der Waals surface area (Å²) >= 11 is 7.18. The first kappa shape index (κ1) is 17.6. The predicted molar refractivity (Wildman–Crippen MR) is 88.9 cm³/mol. The van der Waals surface area contributed by atoms with Gasteiger partial charge in [-0.15, -0.1) is 5.10 Å². The minimum atomic E-state index is -0.288. The number of aryl methyl sites for hydroxylation is 1. The SMILES string of the molecule is Cc1cc(OCc2nc(SCC(=O)OC(C)C)n[nH]2)ccc1Cl. The largest absolute Gasteiger partial charge is 0.486 e. The minimum Gasteiger partial charge on any atom is -0.486 e. The lowest BCUT2D eigenvalue weighted by Gasteiger charge is -2.06. The molecular weight excluding hydrogens is 338 g/mol. The lowest BCUT2D eigenvalue weighted by atomic mass is 10.2. The van der Waals surface area contributed by atoms with Gasteiger partial charge in [0.25, 0.3) is 0 Å². The van der Waals surface area contributed by atoms with Crippen molar-refractivity contribution in [1.82, 2.24) is 15.2 Å². The number of benzene rings is 1. The van der Waals surface area contributed by atoms with Gasteiger partial charge in [0, 0.05) is 5.02 Å². The second-order valence-corrected chi connectivity index (χ2v) is 6.44. The van der Waals surface area contributed by atoms with Crippen LogP contribution in [0.25, 0.3) is 0 Å². The van der Waals surface area contributed by atoms with E-state index in [1.54, 1.807) is 12.1 Å². The Morgan fingerprint density at radius 1 is 1.43 bits per heavy atom. The molecule has 0 fully saturated rings. The van der Waals surface area contributed by atoms with Crippen LogP contribution < -0.4 is 4.74 Å². The van der Waals surface area contributed by atoms with Crippen LogP contribution in [0.15, 0.2) is 23.4 Å². The van der Waals surface area contributed by atoms with Crippen LogP contribution in [-0.2, 0) is 16.1 Å². The summed E-state index contributed by atoms with van der Waals surface area (Å²) in [4.78, 5) is 15.7. The Kier molecular flexibility index (Phi) is 6.29. The minimum absolute atomic E-state index is 0.123. The van der Waals surface area contributed by atoms with E-state index >= 15 is 0 Å². The maximum atomic E-state index is 11.5. The Bertz CT molecular complexity index is 676. The van der Waals surface area contributed by atoms with Gasteiger partial charge in [-0.2, -0.15) is 0 Å². The summed E-state index contributed by atoms with van der Waals surface area (Å²) in [6, 6.07) is 5.44. The molecule has 23 heavy (non-hydrogen) atoms. The molecule has 0 spiro atoms. The fourth-order valence-corrected chi connectivity index (χ4v) is 2.40. The zero-order valence-corrected chi connectivity index (χ0v) is 14.7. The molecule has 1 heterocycles. The van der Waals surface area contributed by atoms with Gasteiger partial charge in [-0.1, -0.05) is 23.4 Å². The Hall–Kier alpha value is -1.73. The lowest BCUT2D eigenvalue weighted by Crippen LogP contribution is -2.13. The number of carbonyl (C=O) groups is 1. The fourth-order valence-electron chi connectivity index (χ4n) is 1.69. The summed E-state index contributed by atoms with van der Waals surface area (Å²) in [5.41, 5.74) is 0.946. The molecule has 8 heteroatoms. The van der Waals surface area contributed by atoms with Crippen molar-refractivity contribution in [2.45, 2.75) is 38.6 Å². The van der Waals surface area contributed by atoms with Crippen molar-refractivity contribution >= 4 is 29.3 Å². The van der Waals surface area contributed by atoms with Gasteiger partial charge in [-0.3, -0.25) is 9.89 Å². The summed E-state index contributed by atoms with van der Waals surface area (Å²) in [7, 11) is 0. The van der Waals surface area contributed by atoms with Crippen molar-refractivity contribution in [3.8, 4) is 5.75 Å². The third-order valence-corrected chi connectivity index (χ3v) is 3.95. The molecule has 0 bridgehead atoms. The predicted octanol–water partition coefficient (Wildman–Crippen LogP) is 3.39. The van der Waals surface area contributed by atoms with E-state index < -0.39 is 0 Å². The van der Waals surface area contributed by atoms with Gasteiger partial charge in [-0.05, 0) is 44.5 Å². The van der Waals surface area contributed by atoms with Crippen LogP contribution in [-0.4, -0.2) is 33.0 Å². The fraction of sp³-hybridized carbons (Fsp3) is 0.400. The van der Waals surface area contributed by atoms with E-state index in [1.807, 2.05) is 26.8 Å². The van der Waals surface area contributed by atoms with Crippen molar-refractivity contribution in [2.24, 2.45) is 0 Å². The smallest absolute Gasteiger partial charge is 0.316 e. The zero-order chi connectivity index (χ0) is 16.8. The summed E-state index contributed by atoms with van der Waals surface area (Å²) in [5, 5.41) is 7.99. The number of thioether (sulfide) groups is 1. The molecule has 0 amide bonds. The van der Waals surface area contributed by atoms with Gasteiger partial charge in [0.05, 0.1) is 11.9 Å². The van der Waals surface area contributed by atoms with Crippen molar-refractivity contribution in [2.75, 3.05) is 5.75 Å². The van der Waals surface area contributed by atoms with Crippen LogP contribution in [0, 0.1) is 6.92 Å². The highest BCUT2D eigenvalue weighted by atomic mass is 35.5. The van der Waals surface area contributed by atoms with Crippen molar-refractivity contribution < 1.29 is 14.3 Å². The Labute approximate surface area is 143 Å². The summed E-state index contributed by atoms with van der Waals surface area (Å²) in [6.07, 6.45) is -0.123. The molecule has 1 aromatic heterocycles. The monoisotopic (exact) mass is 355 g/mol. The number of nitrogens with zero attached hydrogens (tertiary/aromatic N) is 2. The number of ether oxygens (including phenoxy) is 2. The van der Waals surface area contributed by atoms with Crippen LogP contribution in [0.5, 0.6) is 5.75 Å². The quantitative estimate of drug-likeness (QED) is 0.606. The van der Waals surface area contributed by atoms with Crippen LogP contribution in [0.1, 0.15) is 25.2 Å². The number of esters is 1. The molecule has 0 saturated carbocycles. The van der Waals surface area contributed by atoms with Crippen LogP contribution >= 0.6 is 23.4 Å². The van der Waals surface area contributed by atoms with E-state index in [0.29, 0.717) is 21.8 Å². The van der Waals surface area contributed by atoms with Crippen LogP contribution in [0.2, 0.25) is 5.02 Å². The molecule has 2 rings (SSSR count). The highest BCUT2D eigenvalue weighted by Crippen LogP contribution is 2.21.